The van der Waals surface area contributed by atoms with Crippen molar-refractivity contribution < 1.29 is 9.18 Å². The molecule has 0 aliphatic carbocycles. The smallest absolute Gasteiger partial charge is 0.255 e. The van der Waals surface area contributed by atoms with Crippen LogP contribution in [0.4, 0.5) is 16.0 Å². The number of nitrogens with zero attached hydrogens (tertiary/aromatic N) is 5. The Morgan fingerprint density at radius 2 is 1.83 bits per heavy atom. The number of hydrogen-bond acceptors (Lipinski definition) is 8. The van der Waals surface area contributed by atoms with Gasteiger partial charge in [-0.05, 0) is 69.7 Å². The van der Waals surface area contributed by atoms with E-state index in [1.165, 1.54) is 24.4 Å². The Hall–Kier alpha value is -4.88. The van der Waals surface area contributed by atoms with Crippen LogP contribution in [0.1, 0.15) is 52.1 Å². The molecule has 2 aromatic heterocycles. The topological polar surface area (TPSA) is 133 Å². The van der Waals surface area contributed by atoms with E-state index in [1.54, 1.807) is 25.3 Å². The lowest BCUT2D eigenvalue weighted by molar-refractivity contribution is 0.0940. The molecule has 1 amide bonds. The lowest BCUT2D eigenvalue weighted by Gasteiger charge is -2.16. The summed E-state index contributed by atoms with van der Waals surface area (Å²) in [6, 6.07) is 16.9. The van der Waals surface area contributed by atoms with Gasteiger partial charge in [-0.2, -0.15) is 5.26 Å². The van der Waals surface area contributed by atoms with E-state index in [1.807, 2.05) is 44.4 Å². The average Bonchev–Trinajstić information content (AvgIpc) is 2.97. The molecule has 1 unspecified atom stereocenters. The molecule has 0 radical (unpaired) electrons. The zero-order valence-electron chi connectivity index (χ0n) is 23.4. The molecule has 0 fully saturated rings. The number of nitrogens with two attached hydrogens (primary N) is 1. The van der Waals surface area contributed by atoms with Crippen LogP contribution in [0.2, 0.25) is 0 Å². The molecule has 2 heterocycles. The average molecular weight is 553 g/mol. The largest absolute Gasteiger partial charge is 0.382 e. The van der Waals surface area contributed by atoms with Gasteiger partial charge < -0.3 is 21.3 Å². The number of nitrogens with one attached hydrogen (secondary N) is 2. The molecule has 0 saturated heterocycles. The number of rotatable bonds is 11. The fourth-order valence-corrected chi connectivity index (χ4v) is 4.25. The highest BCUT2D eigenvalue weighted by Gasteiger charge is 2.17. The second kappa shape index (κ2) is 13.5. The fourth-order valence-electron chi connectivity index (χ4n) is 4.25. The van der Waals surface area contributed by atoms with Crippen LogP contribution in [0.25, 0.3) is 11.3 Å². The minimum atomic E-state index is -0.396. The van der Waals surface area contributed by atoms with Crippen molar-refractivity contribution in [2.75, 3.05) is 31.7 Å². The van der Waals surface area contributed by atoms with Gasteiger partial charge in [-0.3, -0.25) is 4.79 Å². The van der Waals surface area contributed by atoms with Gasteiger partial charge in [-0.15, -0.1) is 0 Å². The van der Waals surface area contributed by atoms with Gasteiger partial charge in [0.15, 0.2) is 0 Å². The third-order valence-corrected chi connectivity index (χ3v) is 6.58. The van der Waals surface area contributed by atoms with Crippen LogP contribution in [0.15, 0.2) is 67.0 Å². The summed E-state index contributed by atoms with van der Waals surface area (Å²) in [6.45, 7) is 3.15. The van der Waals surface area contributed by atoms with Gasteiger partial charge in [0.1, 0.15) is 23.5 Å². The molecule has 9 nitrogen and oxygen atoms in total. The van der Waals surface area contributed by atoms with Crippen molar-refractivity contribution in [2.24, 2.45) is 0 Å². The van der Waals surface area contributed by atoms with E-state index in [-0.39, 0.29) is 23.0 Å². The molecular formula is C31H33FN8O. The first-order valence-electron chi connectivity index (χ1n) is 13.3. The van der Waals surface area contributed by atoms with E-state index in [0.717, 1.165) is 47.5 Å². The minimum Gasteiger partial charge on any atom is -0.382 e. The van der Waals surface area contributed by atoms with Crippen molar-refractivity contribution in [2.45, 2.75) is 32.4 Å². The van der Waals surface area contributed by atoms with E-state index in [9.17, 15) is 14.4 Å². The van der Waals surface area contributed by atoms with Gasteiger partial charge in [-0.25, -0.2) is 19.3 Å². The minimum absolute atomic E-state index is 0.244. The maximum Gasteiger partial charge on any atom is 0.255 e. The van der Waals surface area contributed by atoms with Crippen molar-refractivity contribution in [3.63, 3.8) is 0 Å². The molecule has 10 heteroatoms. The maximum absolute atomic E-state index is 13.3. The van der Waals surface area contributed by atoms with E-state index < -0.39 is 5.91 Å². The maximum atomic E-state index is 13.3. The SMILES string of the molecule is CC(NC(=O)c1cc(C#N)cnc1NCc1ccc(-c2cnc(N)c(CCCN(C)C)n2)cc1)c1ccc(F)cc1. The van der Waals surface area contributed by atoms with Crippen LogP contribution in [0.5, 0.6) is 0 Å². The summed E-state index contributed by atoms with van der Waals surface area (Å²) in [7, 11) is 4.07. The third-order valence-electron chi connectivity index (χ3n) is 6.58. The second-order valence-corrected chi connectivity index (χ2v) is 10.0. The lowest BCUT2D eigenvalue weighted by atomic mass is 10.1. The summed E-state index contributed by atoms with van der Waals surface area (Å²) < 4.78 is 13.3. The summed E-state index contributed by atoms with van der Waals surface area (Å²) in [4.78, 5) is 28.7. The zero-order valence-corrected chi connectivity index (χ0v) is 23.4. The molecule has 4 rings (SSSR count). The molecule has 0 aliphatic heterocycles. The van der Waals surface area contributed by atoms with Crippen molar-refractivity contribution in [1.82, 2.24) is 25.2 Å². The van der Waals surface area contributed by atoms with E-state index in [0.29, 0.717) is 18.2 Å². The van der Waals surface area contributed by atoms with Crippen LogP contribution >= 0.6 is 0 Å². The highest BCUT2D eigenvalue weighted by Crippen LogP contribution is 2.22. The molecular weight excluding hydrogens is 519 g/mol. The molecule has 0 aliphatic rings. The summed E-state index contributed by atoms with van der Waals surface area (Å²) in [6.07, 6.45) is 4.79. The van der Waals surface area contributed by atoms with Gasteiger partial charge in [0.25, 0.3) is 5.91 Å². The second-order valence-electron chi connectivity index (χ2n) is 10.0. The standard InChI is InChI=1S/C31H33FN8O/c1-20(23-10-12-25(32)13-11-23)38-31(41)26-15-22(16-33)18-37-30(26)36-17-21-6-8-24(9-7-21)28-19-35-29(34)27(39-28)5-4-14-40(2)3/h6-13,15,18-20H,4-5,14,17H2,1-3H3,(H2,34,35)(H,36,37)(H,38,41). The molecule has 4 N–H and O–H groups in total. The summed E-state index contributed by atoms with van der Waals surface area (Å²) in [5.41, 5.74) is 10.7. The van der Waals surface area contributed by atoms with Crippen LogP contribution in [-0.4, -0.2) is 46.4 Å². The summed E-state index contributed by atoms with van der Waals surface area (Å²) in [5, 5.41) is 15.5. The first kappa shape index (κ1) is 29.1. The number of amides is 1. The van der Waals surface area contributed by atoms with Crippen molar-refractivity contribution >= 4 is 17.5 Å². The Labute approximate surface area is 239 Å². The first-order valence-corrected chi connectivity index (χ1v) is 13.3. The van der Waals surface area contributed by atoms with Crippen molar-refractivity contribution in [1.29, 1.82) is 5.26 Å². The Balaban J connectivity index is 1.44. The molecule has 1 atom stereocenters. The molecule has 0 bridgehead atoms. The molecule has 0 spiro atoms. The third kappa shape index (κ3) is 7.84. The Kier molecular flexibility index (Phi) is 9.55. The van der Waals surface area contributed by atoms with Gasteiger partial charge >= 0.3 is 0 Å². The van der Waals surface area contributed by atoms with Crippen LogP contribution in [-0.2, 0) is 13.0 Å². The number of nitrogen functional groups attached to an aromatic ring is 1. The Morgan fingerprint density at radius 1 is 1.10 bits per heavy atom. The predicted octanol–water partition coefficient (Wildman–Crippen LogP) is 4.73. The van der Waals surface area contributed by atoms with Crippen LogP contribution in [0.3, 0.4) is 0 Å². The lowest BCUT2D eigenvalue weighted by Crippen LogP contribution is -2.28. The number of aromatic nitrogens is 3. The number of anilines is 2. The number of carbonyl (C=O) groups is 1. The van der Waals surface area contributed by atoms with E-state index >= 15 is 0 Å². The molecule has 41 heavy (non-hydrogen) atoms. The Morgan fingerprint density at radius 3 is 2.51 bits per heavy atom. The molecule has 0 saturated carbocycles. The predicted molar refractivity (Wildman–Crippen MR) is 157 cm³/mol. The highest BCUT2D eigenvalue weighted by atomic mass is 19.1. The number of pyridine rings is 1. The monoisotopic (exact) mass is 552 g/mol. The van der Waals surface area contributed by atoms with Crippen molar-refractivity contribution in [3.8, 4) is 17.3 Å². The van der Waals surface area contributed by atoms with Gasteiger partial charge in [0, 0.05) is 18.3 Å². The normalized spacial score (nSPS) is 11.6. The van der Waals surface area contributed by atoms with Crippen LogP contribution < -0.4 is 16.4 Å². The number of halogens is 1. The van der Waals surface area contributed by atoms with E-state index in [4.69, 9.17) is 10.7 Å². The molecule has 4 aromatic rings. The van der Waals surface area contributed by atoms with Crippen molar-refractivity contribution in [3.05, 3.63) is 101 Å². The van der Waals surface area contributed by atoms with Gasteiger partial charge in [-0.1, -0.05) is 36.4 Å². The van der Waals surface area contributed by atoms with Gasteiger partial charge in [0.2, 0.25) is 0 Å². The zero-order chi connectivity index (χ0) is 29.4. The first-order chi connectivity index (χ1) is 19.7. The number of carbonyl (C=O) groups excluding carboxylic acids is 1. The summed E-state index contributed by atoms with van der Waals surface area (Å²) >= 11 is 0. The number of aryl methyl sites for hydroxylation is 1. The molecule has 2 aromatic carbocycles. The number of hydrogen-bond donors (Lipinski definition) is 3. The number of nitriles is 1. The molecule has 210 valence electrons. The Bertz CT molecular complexity index is 1530. The number of benzene rings is 2. The summed E-state index contributed by atoms with van der Waals surface area (Å²) in [5.74, 6) is 0.0610. The quantitative estimate of drug-likeness (QED) is 0.243. The van der Waals surface area contributed by atoms with Crippen LogP contribution in [0, 0.1) is 17.1 Å². The highest BCUT2D eigenvalue weighted by molar-refractivity contribution is 5.99. The van der Waals surface area contributed by atoms with E-state index in [2.05, 4.69) is 25.5 Å². The fraction of sp³-hybridized carbons (Fsp3) is 0.258. The van der Waals surface area contributed by atoms with Gasteiger partial charge in [0.05, 0.1) is 34.8 Å².